The molecule has 4 aromatic heterocycles. The smallest absolute Gasteiger partial charge is 0.231 e. The van der Waals surface area contributed by atoms with Crippen LogP contribution in [0.1, 0.15) is 41.2 Å². The van der Waals surface area contributed by atoms with Crippen LogP contribution in [0.5, 0.6) is 0 Å². The lowest BCUT2D eigenvalue weighted by atomic mass is 9.85. The number of aliphatic hydroxyl groups is 1. The number of aromatic amines is 1. The van der Waals surface area contributed by atoms with E-state index in [-0.39, 0.29) is 42.0 Å². The van der Waals surface area contributed by atoms with Crippen molar-refractivity contribution in [3.05, 3.63) is 71.2 Å². The Morgan fingerprint density at radius 3 is 2.59 bits per heavy atom. The van der Waals surface area contributed by atoms with E-state index in [0.29, 0.717) is 22.3 Å². The van der Waals surface area contributed by atoms with Gasteiger partial charge in [0, 0.05) is 29.1 Å². The van der Waals surface area contributed by atoms with Crippen LogP contribution in [0.15, 0.2) is 42.9 Å². The maximum atomic E-state index is 13.3. The zero-order chi connectivity index (χ0) is 24.5. The minimum Gasteiger partial charge on any atom is -0.395 e. The van der Waals surface area contributed by atoms with E-state index in [0.717, 1.165) is 6.20 Å². The molecule has 0 aliphatic carbocycles. The number of aromatic nitrogens is 5. The molecule has 0 fully saturated rings. The fraction of sp³-hybridized carbons (Fsp3) is 0.217. The summed E-state index contributed by atoms with van der Waals surface area (Å²) in [5.41, 5.74) is 6.94. The average Bonchev–Trinajstić information content (AvgIpc) is 3.25. The van der Waals surface area contributed by atoms with E-state index in [2.05, 4.69) is 30.2 Å². The highest BCUT2D eigenvalue weighted by Gasteiger charge is 2.28. The molecule has 1 amide bonds. The van der Waals surface area contributed by atoms with E-state index in [1.165, 1.54) is 30.5 Å². The van der Waals surface area contributed by atoms with Crippen molar-refractivity contribution in [3.8, 4) is 0 Å². The third kappa shape index (κ3) is 4.59. The Bertz CT molecular complexity index is 1370. The molecule has 174 valence electrons. The number of fused-ring (bicyclic) bond motifs is 1. The Labute approximate surface area is 193 Å². The molecule has 0 unspecified atom stereocenters. The second-order valence-corrected chi connectivity index (χ2v) is 8.35. The summed E-state index contributed by atoms with van der Waals surface area (Å²) in [5.74, 6) is -1.15. The van der Waals surface area contributed by atoms with Crippen LogP contribution >= 0.6 is 0 Å². The molecular weight excluding hydrogens is 441 g/mol. The zero-order valence-corrected chi connectivity index (χ0v) is 18.5. The molecule has 0 aliphatic heterocycles. The van der Waals surface area contributed by atoms with Crippen LogP contribution in [-0.4, -0.2) is 48.3 Å². The third-order valence-electron chi connectivity index (χ3n) is 5.31. The summed E-state index contributed by atoms with van der Waals surface area (Å²) < 4.78 is 13.0. The number of amides is 1. The quantitative estimate of drug-likeness (QED) is 0.303. The number of nitrogens with zero attached hydrogens (tertiary/aromatic N) is 4. The van der Waals surface area contributed by atoms with Crippen LogP contribution in [0.4, 0.5) is 16.2 Å². The first-order chi connectivity index (χ1) is 16.2. The second-order valence-electron chi connectivity index (χ2n) is 8.35. The summed E-state index contributed by atoms with van der Waals surface area (Å²) in [6.07, 6.45) is 3.98. The van der Waals surface area contributed by atoms with Crippen molar-refractivity contribution in [1.82, 2.24) is 24.9 Å². The topological polar surface area (TPSA) is 160 Å². The molecule has 0 saturated heterocycles. The number of hydrogen-bond acceptors (Lipinski definition) is 8. The lowest BCUT2D eigenvalue weighted by Crippen LogP contribution is -2.22. The van der Waals surface area contributed by atoms with Crippen molar-refractivity contribution >= 4 is 34.5 Å². The molecular formula is C23H22FN7O3. The van der Waals surface area contributed by atoms with E-state index < -0.39 is 17.0 Å². The van der Waals surface area contributed by atoms with Gasteiger partial charge in [-0.3, -0.25) is 14.6 Å². The average molecular weight is 463 g/mol. The van der Waals surface area contributed by atoms with Gasteiger partial charge in [0.05, 0.1) is 24.6 Å². The van der Waals surface area contributed by atoms with Crippen LogP contribution in [0, 0.1) is 5.82 Å². The van der Waals surface area contributed by atoms with Gasteiger partial charge in [0.1, 0.15) is 23.0 Å². The molecule has 5 N–H and O–H groups in total. The third-order valence-corrected chi connectivity index (χ3v) is 5.31. The summed E-state index contributed by atoms with van der Waals surface area (Å²) in [6, 6.07) is 5.64. The lowest BCUT2D eigenvalue weighted by molar-refractivity contribution is -0.115. The Morgan fingerprint density at radius 1 is 1.15 bits per heavy atom. The van der Waals surface area contributed by atoms with Crippen LogP contribution in [0.3, 0.4) is 0 Å². The van der Waals surface area contributed by atoms with Crippen molar-refractivity contribution in [3.63, 3.8) is 0 Å². The Hall–Kier alpha value is -4.25. The van der Waals surface area contributed by atoms with Gasteiger partial charge in [0.25, 0.3) is 0 Å². The van der Waals surface area contributed by atoms with Gasteiger partial charge in [-0.15, -0.1) is 0 Å². The molecule has 0 aliphatic rings. The van der Waals surface area contributed by atoms with Gasteiger partial charge in [-0.05, 0) is 29.8 Å². The minimum atomic E-state index is -0.654. The second kappa shape index (κ2) is 8.94. The van der Waals surface area contributed by atoms with Crippen LogP contribution in [0.25, 0.3) is 11.0 Å². The molecule has 4 aromatic rings. The monoisotopic (exact) mass is 463 g/mol. The number of carbonyl (C=O) groups excluding carboxylic acids is 2. The van der Waals surface area contributed by atoms with Gasteiger partial charge < -0.3 is 21.1 Å². The van der Waals surface area contributed by atoms with E-state index in [4.69, 9.17) is 5.73 Å². The first kappa shape index (κ1) is 22.9. The summed E-state index contributed by atoms with van der Waals surface area (Å²) >= 11 is 0. The number of rotatable bonds is 7. The van der Waals surface area contributed by atoms with Gasteiger partial charge in [-0.25, -0.2) is 14.4 Å². The van der Waals surface area contributed by atoms with Crippen LogP contribution in [-0.2, 0) is 16.6 Å². The number of hydrogen-bond donors (Lipinski definition) is 4. The molecule has 11 heteroatoms. The maximum absolute atomic E-state index is 13.3. The van der Waals surface area contributed by atoms with Crippen molar-refractivity contribution < 1.29 is 19.1 Å². The molecule has 0 radical (unpaired) electrons. The molecule has 10 nitrogen and oxygen atoms in total. The number of nitrogen functional groups attached to an aromatic ring is 1. The zero-order valence-electron chi connectivity index (χ0n) is 18.5. The van der Waals surface area contributed by atoms with E-state index >= 15 is 0 Å². The summed E-state index contributed by atoms with van der Waals surface area (Å²) in [4.78, 5) is 44.8. The molecule has 0 bridgehead atoms. The number of ketones is 1. The standard InChI is InChI=1S/C23H22FN7O3/c1-23(2,11-32)15-10-28-21-18(15)19(30-22(25)31-21)20(34)12-3-6-16(27-8-12)29-17(33)7-14-5-4-13(24)9-26-14/h3-6,8-10,32H,7,11H2,1-2H3,(H,27,29,33)(H3,25,28,30,31). The highest BCUT2D eigenvalue weighted by molar-refractivity contribution is 6.15. The highest BCUT2D eigenvalue weighted by Crippen LogP contribution is 2.32. The molecule has 4 heterocycles. The largest absolute Gasteiger partial charge is 0.395 e. The number of carbonyl (C=O) groups is 2. The molecule has 0 atom stereocenters. The molecule has 0 saturated carbocycles. The lowest BCUT2D eigenvalue weighted by Gasteiger charge is -2.21. The number of anilines is 2. The van der Waals surface area contributed by atoms with Crippen LogP contribution in [0.2, 0.25) is 0 Å². The van der Waals surface area contributed by atoms with Crippen molar-refractivity contribution in [2.75, 3.05) is 17.7 Å². The first-order valence-corrected chi connectivity index (χ1v) is 10.3. The molecule has 0 aromatic carbocycles. The van der Waals surface area contributed by atoms with Crippen LogP contribution < -0.4 is 11.1 Å². The minimum absolute atomic E-state index is 0.0578. The number of H-pyrrole nitrogens is 1. The number of nitrogens with one attached hydrogen (secondary N) is 2. The van der Waals surface area contributed by atoms with Gasteiger partial charge >= 0.3 is 0 Å². The maximum Gasteiger partial charge on any atom is 0.231 e. The number of nitrogens with two attached hydrogens (primary N) is 1. The normalized spacial score (nSPS) is 11.5. The van der Waals surface area contributed by atoms with E-state index in [1.807, 2.05) is 13.8 Å². The van der Waals surface area contributed by atoms with Gasteiger partial charge in [-0.1, -0.05) is 13.8 Å². The van der Waals surface area contributed by atoms with Gasteiger partial charge in [0.2, 0.25) is 17.6 Å². The highest BCUT2D eigenvalue weighted by atomic mass is 19.1. The van der Waals surface area contributed by atoms with Gasteiger partial charge in [-0.2, -0.15) is 4.98 Å². The summed E-state index contributed by atoms with van der Waals surface area (Å²) in [6.45, 7) is 3.52. The van der Waals surface area contributed by atoms with Crippen molar-refractivity contribution in [2.24, 2.45) is 0 Å². The molecule has 34 heavy (non-hydrogen) atoms. The fourth-order valence-corrected chi connectivity index (χ4v) is 3.43. The molecule has 0 spiro atoms. The SMILES string of the molecule is CC(C)(CO)c1c[nH]c2nc(N)nc(C(=O)c3ccc(NC(=O)Cc4ccc(F)cn4)nc3)c12. The predicted octanol–water partition coefficient (Wildman–Crippen LogP) is 2.15. The van der Waals surface area contributed by atoms with Gasteiger partial charge in [0.15, 0.2) is 0 Å². The number of pyridine rings is 2. The van der Waals surface area contributed by atoms with E-state index in [9.17, 15) is 19.1 Å². The fourth-order valence-electron chi connectivity index (χ4n) is 3.43. The Morgan fingerprint density at radius 2 is 1.94 bits per heavy atom. The predicted molar refractivity (Wildman–Crippen MR) is 123 cm³/mol. The summed E-state index contributed by atoms with van der Waals surface area (Å²) in [5, 5.41) is 12.9. The summed E-state index contributed by atoms with van der Waals surface area (Å²) in [7, 11) is 0. The Balaban J connectivity index is 1.57. The van der Waals surface area contributed by atoms with E-state index in [1.54, 1.807) is 6.20 Å². The van der Waals surface area contributed by atoms with Crippen molar-refractivity contribution in [2.45, 2.75) is 25.7 Å². The first-order valence-electron chi connectivity index (χ1n) is 10.3. The Kier molecular flexibility index (Phi) is 6.03. The molecule has 4 rings (SSSR count). The number of halogens is 1. The number of aliphatic hydroxyl groups excluding tert-OH is 1. The van der Waals surface area contributed by atoms with Crippen molar-refractivity contribution in [1.29, 1.82) is 0 Å².